The molecule has 21 heavy (non-hydrogen) atoms. The standard InChI is InChI=1S/C18H30N2O/c1-13-6-7-16(10-14(13)2)21-17-11-15(8-9-19-17)12-20-18(3,4)5/h8-9,11,13-14,16,20H,6-7,10,12H2,1-5H3. The molecule has 3 unspecified atom stereocenters. The maximum atomic E-state index is 6.11. The van der Waals surface area contributed by atoms with Gasteiger partial charge in [0.15, 0.2) is 0 Å². The predicted molar refractivity (Wildman–Crippen MR) is 87.4 cm³/mol. The first-order valence-corrected chi connectivity index (χ1v) is 8.20. The summed E-state index contributed by atoms with van der Waals surface area (Å²) in [6.45, 7) is 12.1. The topological polar surface area (TPSA) is 34.1 Å². The zero-order chi connectivity index (χ0) is 15.5. The average Bonchev–Trinajstić information content (AvgIpc) is 2.40. The monoisotopic (exact) mass is 290 g/mol. The Hall–Kier alpha value is -1.09. The van der Waals surface area contributed by atoms with Crippen molar-refractivity contribution in [3.63, 3.8) is 0 Å². The molecule has 0 aromatic carbocycles. The maximum absolute atomic E-state index is 6.11. The van der Waals surface area contributed by atoms with Crippen molar-refractivity contribution in [2.45, 2.75) is 72.1 Å². The van der Waals surface area contributed by atoms with Crippen molar-refractivity contribution in [2.24, 2.45) is 11.8 Å². The highest BCUT2D eigenvalue weighted by molar-refractivity contribution is 5.20. The lowest BCUT2D eigenvalue weighted by atomic mass is 9.80. The minimum atomic E-state index is 0.124. The van der Waals surface area contributed by atoms with Crippen molar-refractivity contribution in [1.82, 2.24) is 10.3 Å². The summed E-state index contributed by atoms with van der Waals surface area (Å²) in [6, 6.07) is 4.12. The van der Waals surface area contributed by atoms with Crippen LogP contribution in [0.5, 0.6) is 5.88 Å². The molecule has 0 spiro atoms. The van der Waals surface area contributed by atoms with E-state index >= 15 is 0 Å². The summed E-state index contributed by atoms with van der Waals surface area (Å²) in [5.41, 5.74) is 1.35. The molecule has 3 nitrogen and oxygen atoms in total. The second-order valence-electron chi connectivity index (χ2n) is 7.61. The Labute approximate surface area is 129 Å². The second-order valence-corrected chi connectivity index (χ2v) is 7.61. The van der Waals surface area contributed by atoms with E-state index in [4.69, 9.17) is 4.74 Å². The first kappa shape index (κ1) is 16.3. The van der Waals surface area contributed by atoms with E-state index in [1.807, 2.05) is 6.20 Å². The van der Waals surface area contributed by atoms with Crippen LogP contribution in [0.2, 0.25) is 0 Å². The first-order valence-electron chi connectivity index (χ1n) is 8.20. The van der Waals surface area contributed by atoms with Crippen LogP contribution in [0.25, 0.3) is 0 Å². The number of pyridine rings is 1. The zero-order valence-electron chi connectivity index (χ0n) is 14.1. The SMILES string of the molecule is CC1CCC(Oc2cc(CNC(C)(C)C)ccn2)CC1C. The predicted octanol–water partition coefficient (Wildman–Crippen LogP) is 4.17. The van der Waals surface area contributed by atoms with Gasteiger partial charge < -0.3 is 10.1 Å². The fraction of sp³-hybridized carbons (Fsp3) is 0.722. The average molecular weight is 290 g/mol. The van der Waals surface area contributed by atoms with Crippen LogP contribution in [0, 0.1) is 11.8 Å². The minimum Gasteiger partial charge on any atom is -0.474 e. The molecule has 0 saturated heterocycles. The third-order valence-corrected chi connectivity index (χ3v) is 4.46. The van der Waals surface area contributed by atoms with E-state index < -0.39 is 0 Å². The highest BCUT2D eigenvalue weighted by Gasteiger charge is 2.26. The van der Waals surface area contributed by atoms with Gasteiger partial charge in [-0.2, -0.15) is 0 Å². The van der Waals surface area contributed by atoms with E-state index in [0.717, 1.165) is 37.1 Å². The van der Waals surface area contributed by atoms with Gasteiger partial charge in [0, 0.05) is 24.3 Å². The van der Waals surface area contributed by atoms with Crippen molar-refractivity contribution >= 4 is 0 Å². The Morgan fingerprint density at radius 2 is 2.00 bits per heavy atom. The van der Waals surface area contributed by atoms with E-state index in [2.05, 4.69) is 57.1 Å². The van der Waals surface area contributed by atoms with Crippen LogP contribution in [0.3, 0.4) is 0 Å². The molecule has 0 bridgehead atoms. The molecule has 0 aliphatic heterocycles. The lowest BCUT2D eigenvalue weighted by molar-refractivity contribution is 0.0963. The molecule has 2 rings (SSSR count). The Bertz CT molecular complexity index is 453. The molecular weight excluding hydrogens is 260 g/mol. The molecular formula is C18H30N2O. The summed E-state index contributed by atoms with van der Waals surface area (Å²) in [4.78, 5) is 4.37. The van der Waals surface area contributed by atoms with Gasteiger partial charge in [0.25, 0.3) is 0 Å². The summed E-state index contributed by atoms with van der Waals surface area (Å²) in [7, 11) is 0. The Morgan fingerprint density at radius 3 is 2.67 bits per heavy atom. The number of hydrogen-bond donors (Lipinski definition) is 1. The summed E-state index contributed by atoms with van der Waals surface area (Å²) in [5.74, 6) is 2.34. The van der Waals surface area contributed by atoms with Crippen molar-refractivity contribution in [3.8, 4) is 5.88 Å². The zero-order valence-corrected chi connectivity index (χ0v) is 14.1. The third kappa shape index (κ3) is 5.31. The van der Waals surface area contributed by atoms with Crippen molar-refractivity contribution < 1.29 is 4.74 Å². The van der Waals surface area contributed by atoms with Crippen molar-refractivity contribution in [1.29, 1.82) is 0 Å². The summed E-state index contributed by atoms with van der Waals surface area (Å²) in [5, 5.41) is 3.50. The molecule has 1 aliphatic rings. The largest absolute Gasteiger partial charge is 0.474 e. The van der Waals surface area contributed by atoms with E-state index in [9.17, 15) is 0 Å². The molecule has 118 valence electrons. The Morgan fingerprint density at radius 1 is 1.24 bits per heavy atom. The molecule has 1 aromatic rings. The summed E-state index contributed by atoms with van der Waals surface area (Å²) >= 11 is 0. The van der Waals surface area contributed by atoms with E-state index in [0.29, 0.717) is 6.10 Å². The smallest absolute Gasteiger partial charge is 0.213 e. The highest BCUT2D eigenvalue weighted by Crippen LogP contribution is 2.31. The van der Waals surface area contributed by atoms with Gasteiger partial charge in [0.2, 0.25) is 5.88 Å². The van der Waals surface area contributed by atoms with Crippen LogP contribution in [-0.4, -0.2) is 16.6 Å². The molecule has 0 amide bonds. The van der Waals surface area contributed by atoms with Gasteiger partial charge in [-0.3, -0.25) is 0 Å². The fourth-order valence-electron chi connectivity index (χ4n) is 2.77. The normalized spacial score (nSPS) is 26.6. The third-order valence-electron chi connectivity index (χ3n) is 4.46. The van der Waals surface area contributed by atoms with Gasteiger partial charge in [0.1, 0.15) is 6.10 Å². The summed E-state index contributed by atoms with van der Waals surface area (Å²) < 4.78 is 6.11. The van der Waals surface area contributed by atoms with Crippen LogP contribution in [0.4, 0.5) is 0 Å². The second kappa shape index (κ2) is 6.78. The van der Waals surface area contributed by atoms with Crippen molar-refractivity contribution in [3.05, 3.63) is 23.9 Å². The van der Waals surface area contributed by atoms with Gasteiger partial charge in [0.05, 0.1) is 0 Å². The molecule has 1 heterocycles. The molecule has 1 aromatic heterocycles. The highest BCUT2D eigenvalue weighted by atomic mass is 16.5. The van der Waals surface area contributed by atoms with Gasteiger partial charge in [-0.25, -0.2) is 4.98 Å². The Kier molecular flexibility index (Phi) is 5.26. The van der Waals surface area contributed by atoms with E-state index in [1.165, 1.54) is 12.0 Å². The van der Waals surface area contributed by atoms with Crippen LogP contribution in [0.15, 0.2) is 18.3 Å². The summed E-state index contributed by atoms with van der Waals surface area (Å²) in [6.07, 6.45) is 5.74. The molecule has 0 radical (unpaired) electrons. The van der Waals surface area contributed by atoms with Crippen molar-refractivity contribution in [2.75, 3.05) is 0 Å². The van der Waals surface area contributed by atoms with Gasteiger partial charge in [-0.05, 0) is 63.5 Å². The molecule has 1 aliphatic carbocycles. The number of aromatic nitrogens is 1. The van der Waals surface area contributed by atoms with Gasteiger partial charge in [-0.1, -0.05) is 13.8 Å². The first-order chi connectivity index (χ1) is 9.83. The van der Waals surface area contributed by atoms with E-state index in [-0.39, 0.29) is 5.54 Å². The lowest BCUT2D eigenvalue weighted by Crippen LogP contribution is -2.35. The molecule has 1 saturated carbocycles. The molecule has 3 heteroatoms. The molecule has 1 N–H and O–H groups in total. The van der Waals surface area contributed by atoms with Crippen LogP contribution < -0.4 is 10.1 Å². The molecule has 1 fully saturated rings. The van der Waals surface area contributed by atoms with E-state index in [1.54, 1.807) is 0 Å². The van der Waals surface area contributed by atoms with Gasteiger partial charge >= 0.3 is 0 Å². The van der Waals surface area contributed by atoms with Crippen LogP contribution in [-0.2, 0) is 6.54 Å². The number of ether oxygens (including phenoxy) is 1. The number of rotatable bonds is 4. The maximum Gasteiger partial charge on any atom is 0.213 e. The number of nitrogens with zero attached hydrogens (tertiary/aromatic N) is 1. The fourth-order valence-corrected chi connectivity index (χ4v) is 2.77. The lowest BCUT2D eigenvalue weighted by Gasteiger charge is -2.32. The van der Waals surface area contributed by atoms with Gasteiger partial charge in [-0.15, -0.1) is 0 Å². The number of hydrogen-bond acceptors (Lipinski definition) is 3. The minimum absolute atomic E-state index is 0.124. The molecule has 3 atom stereocenters. The number of nitrogens with one attached hydrogen (secondary N) is 1. The van der Waals surface area contributed by atoms with Crippen LogP contribution in [0.1, 0.15) is 59.4 Å². The van der Waals surface area contributed by atoms with Crippen LogP contribution >= 0.6 is 0 Å². The Balaban J connectivity index is 1.92. The quantitative estimate of drug-likeness (QED) is 0.903.